The van der Waals surface area contributed by atoms with Crippen LogP contribution in [0.5, 0.6) is 11.5 Å². The van der Waals surface area contributed by atoms with Gasteiger partial charge in [-0.1, -0.05) is 48.5 Å². The number of carbonyl (C=O) groups excluding carboxylic acids is 1. The summed E-state index contributed by atoms with van der Waals surface area (Å²) in [4.78, 5) is 35.6. The average Bonchev–Trinajstić information content (AvgIpc) is 2.68. The fourth-order valence-corrected chi connectivity index (χ4v) is 2.62. The van der Waals surface area contributed by atoms with Crippen molar-refractivity contribution in [2.24, 2.45) is 0 Å². The molecule has 3 rings (SSSR count). The molecule has 0 bridgehead atoms. The molecule has 0 atom stereocenters. The third kappa shape index (κ3) is 3.69. The Hall–Kier alpha value is -3.93. The van der Waals surface area contributed by atoms with Crippen LogP contribution in [0.15, 0.2) is 72.8 Å². The van der Waals surface area contributed by atoms with Crippen molar-refractivity contribution < 1.29 is 29.3 Å². The van der Waals surface area contributed by atoms with Crippen LogP contribution in [0, 0.1) is 0 Å². The van der Waals surface area contributed by atoms with Crippen LogP contribution in [0.4, 0.5) is 0 Å². The quantitative estimate of drug-likeness (QED) is 0.640. The van der Waals surface area contributed by atoms with E-state index < -0.39 is 23.1 Å². The maximum absolute atomic E-state index is 12.8. The maximum Gasteiger partial charge on any atom is 0.340 e. The molecule has 0 fully saturated rings. The fraction of sp³-hybridized carbons (Fsp3) is 0. The van der Waals surface area contributed by atoms with E-state index in [1.54, 1.807) is 48.5 Å². The number of carbonyl (C=O) groups is 3. The van der Waals surface area contributed by atoms with Crippen LogP contribution in [0.2, 0.25) is 0 Å². The van der Waals surface area contributed by atoms with Crippen LogP contribution in [0.3, 0.4) is 0 Å². The summed E-state index contributed by atoms with van der Waals surface area (Å²) in [5.41, 5.74) is -0.189. The Morgan fingerprint density at radius 3 is 1.89 bits per heavy atom. The van der Waals surface area contributed by atoms with Crippen LogP contribution in [0.25, 0.3) is 0 Å². The van der Waals surface area contributed by atoms with Crippen molar-refractivity contribution in [2.45, 2.75) is 0 Å². The topological polar surface area (TPSA) is 101 Å². The Bertz CT molecular complexity index is 1020. The zero-order valence-corrected chi connectivity index (χ0v) is 14.0. The number of rotatable bonds is 6. The highest BCUT2D eigenvalue weighted by Gasteiger charge is 2.23. The van der Waals surface area contributed by atoms with Crippen LogP contribution in [0.1, 0.15) is 36.6 Å². The second kappa shape index (κ2) is 7.53. The number of ketones is 1. The first-order chi connectivity index (χ1) is 13.0. The lowest BCUT2D eigenvalue weighted by Crippen LogP contribution is -2.10. The van der Waals surface area contributed by atoms with Crippen LogP contribution < -0.4 is 4.74 Å². The van der Waals surface area contributed by atoms with E-state index in [1.807, 2.05) is 0 Å². The standard InChI is InChI=1S/C21H14O6/c22-19(13-7-2-1-3-8-13)14-9-4-5-11-16(14)27-17-12-6-10-15(20(23)24)18(17)21(25)26/h1-12H,(H,23,24)(H,25,26). The second-order valence-electron chi connectivity index (χ2n) is 5.58. The normalized spacial score (nSPS) is 10.2. The number of carboxylic acid groups (broad SMARTS) is 2. The molecule has 0 spiro atoms. The molecule has 0 aromatic heterocycles. The van der Waals surface area contributed by atoms with Gasteiger partial charge < -0.3 is 14.9 Å². The number of hydrogen-bond acceptors (Lipinski definition) is 4. The minimum Gasteiger partial charge on any atom is -0.478 e. The van der Waals surface area contributed by atoms with E-state index in [4.69, 9.17) is 4.74 Å². The minimum absolute atomic E-state index is 0.136. The molecule has 3 aromatic rings. The Kier molecular flexibility index (Phi) is 4.99. The second-order valence-corrected chi connectivity index (χ2v) is 5.58. The zero-order valence-electron chi connectivity index (χ0n) is 14.0. The van der Waals surface area contributed by atoms with Gasteiger partial charge in [0.25, 0.3) is 0 Å². The van der Waals surface area contributed by atoms with Crippen LogP contribution in [-0.4, -0.2) is 27.9 Å². The molecule has 6 nitrogen and oxygen atoms in total. The van der Waals surface area contributed by atoms with Crippen molar-refractivity contribution in [3.8, 4) is 11.5 Å². The van der Waals surface area contributed by atoms with E-state index >= 15 is 0 Å². The van der Waals surface area contributed by atoms with Gasteiger partial charge in [0.05, 0.1) is 11.1 Å². The average molecular weight is 362 g/mol. The van der Waals surface area contributed by atoms with Gasteiger partial charge in [0.15, 0.2) is 5.78 Å². The summed E-state index contributed by atoms with van der Waals surface area (Å²) in [6.07, 6.45) is 0. The number of aromatic carboxylic acids is 2. The van der Waals surface area contributed by atoms with E-state index in [-0.39, 0.29) is 22.8 Å². The van der Waals surface area contributed by atoms with Crippen molar-refractivity contribution in [2.75, 3.05) is 0 Å². The third-order valence-electron chi connectivity index (χ3n) is 3.86. The first-order valence-corrected chi connectivity index (χ1v) is 7.95. The van der Waals surface area contributed by atoms with Crippen molar-refractivity contribution in [3.63, 3.8) is 0 Å². The summed E-state index contributed by atoms with van der Waals surface area (Å²) in [5.74, 6) is -3.13. The van der Waals surface area contributed by atoms with Gasteiger partial charge in [0, 0.05) is 5.56 Å². The molecular weight excluding hydrogens is 348 g/mol. The molecule has 0 aliphatic heterocycles. The summed E-state index contributed by atoms with van der Waals surface area (Å²) in [6.45, 7) is 0. The summed E-state index contributed by atoms with van der Waals surface area (Å²) in [7, 11) is 0. The lowest BCUT2D eigenvalue weighted by molar-refractivity contribution is 0.0649. The van der Waals surface area contributed by atoms with Gasteiger partial charge in [-0.25, -0.2) is 9.59 Å². The van der Waals surface area contributed by atoms with Gasteiger partial charge in [-0.2, -0.15) is 0 Å². The molecule has 6 heteroatoms. The Morgan fingerprint density at radius 1 is 0.630 bits per heavy atom. The molecule has 0 amide bonds. The number of benzene rings is 3. The highest BCUT2D eigenvalue weighted by atomic mass is 16.5. The largest absolute Gasteiger partial charge is 0.478 e. The predicted molar refractivity (Wildman–Crippen MR) is 96.8 cm³/mol. The van der Waals surface area contributed by atoms with Crippen molar-refractivity contribution in [1.82, 2.24) is 0 Å². The SMILES string of the molecule is O=C(c1ccccc1)c1ccccc1Oc1cccc(C(=O)O)c1C(=O)O. The Labute approximate surface area is 154 Å². The van der Waals surface area contributed by atoms with Crippen LogP contribution in [-0.2, 0) is 0 Å². The van der Waals surface area contributed by atoms with Gasteiger partial charge in [-0.3, -0.25) is 4.79 Å². The molecule has 0 aliphatic rings. The number of para-hydroxylation sites is 1. The zero-order chi connectivity index (χ0) is 19.4. The van der Waals surface area contributed by atoms with E-state index in [0.717, 1.165) is 0 Å². The van der Waals surface area contributed by atoms with Crippen molar-refractivity contribution >= 4 is 17.7 Å². The van der Waals surface area contributed by atoms with Gasteiger partial charge in [0.1, 0.15) is 17.1 Å². The number of hydrogen-bond donors (Lipinski definition) is 2. The molecule has 0 saturated carbocycles. The van der Waals surface area contributed by atoms with Crippen molar-refractivity contribution in [3.05, 3.63) is 95.1 Å². The molecular formula is C21H14O6. The molecule has 0 saturated heterocycles. The highest BCUT2D eigenvalue weighted by molar-refractivity contribution is 6.11. The Morgan fingerprint density at radius 2 is 1.22 bits per heavy atom. The van der Waals surface area contributed by atoms with Gasteiger partial charge in [-0.05, 0) is 24.3 Å². The van der Waals surface area contributed by atoms with Crippen LogP contribution >= 0.6 is 0 Å². The summed E-state index contributed by atoms with van der Waals surface area (Å²) in [5, 5.41) is 18.6. The molecule has 0 aliphatic carbocycles. The first-order valence-electron chi connectivity index (χ1n) is 7.95. The molecule has 0 radical (unpaired) electrons. The van der Waals surface area contributed by atoms with E-state index in [0.29, 0.717) is 5.56 Å². The summed E-state index contributed by atoms with van der Waals surface area (Å²) >= 11 is 0. The molecule has 134 valence electrons. The minimum atomic E-state index is -1.44. The van der Waals surface area contributed by atoms with Gasteiger partial charge in [-0.15, -0.1) is 0 Å². The molecule has 0 heterocycles. The lowest BCUT2D eigenvalue weighted by Gasteiger charge is -2.13. The molecule has 27 heavy (non-hydrogen) atoms. The van der Waals surface area contributed by atoms with Gasteiger partial charge in [0.2, 0.25) is 0 Å². The first kappa shape index (κ1) is 17.9. The van der Waals surface area contributed by atoms with Gasteiger partial charge >= 0.3 is 11.9 Å². The summed E-state index contributed by atoms with van der Waals surface area (Å²) in [6, 6.07) is 18.9. The monoisotopic (exact) mass is 362 g/mol. The van der Waals surface area contributed by atoms with E-state index in [2.05, 4.69) is 0 Å². The lowest BCUT2D eigenvalue weighted by atomic mass is 10.0. The van der Waals surface area contributed by atoms with E-state index in [1.165, 1.54) is 24.3 Å². The van der Waals surface area contributed by atoms with Crippen molar-refractivity contribution in [1.29, 1.82) is 0 Å². The number of carboxylic acids is 2. The Balaban J connectivity index is 2.06. The molecule has 3 aromatic carbocycles. The highest BCUT2D eigenvalue weighted by Crippen LogP contribution is 2.31. The molecule has 2 N–H and O–H groups in total. The maximum atomic E-state index is 12.8. The van der Waals surface area contributed by atoms with E-state index in [9.17, 15) is 24.6 Å². The molecule has 0 unspecified atom stereocenters. The summed E-state index contributed by atoms with van der Waals surface area (Å²) < 4.78 is 5.67. The number of ether oxygens (including phenoxy) is 1. The predicted octanol–water partition coefficient (Wildman–Crippen LogP) is 4.11. The fourth-order valence-electron chi connectivity index (χ4n) is 2.62. The third-order valence-corrected chi connectivity index (χ3v) is 3.86. The smallest absolute Gasteiger partial charge is 0.340 e.